The number of aliphatic hydroxyl groups excluding tert-OH is 1. The largest absolute Gasteiger partial charge is 0.423 e. The first-order valence-electron chi connectivity index (χ1n) is 5.31. The molecule has 0 aliphatic heterocycles. The van der Waals surface area contributed by atoms with E-state index in [1.165, 1.54) is 0 Å². The van der Waals surface area contributed by atoms with Gasteiger partial charge in [-0.05, 0) is 6.07 Å². The van der Waals surface area contributed by atoms with Crippen molar-refractivity contribution in [3.05, 3.63) is 35.4 Å². The molecular weight excluding hydrogens is 316 g/mol. The SMILES string of the molecule is OC(COC(C(F)(F)F)C(F)(F)F)c1cccc(F)c1F. The van der Waals surface area contributed by atoms with Gasteiger partial charge in [-0.2, -0.15) is 26.3 Å². The third-order valence-electron chi connectivity index (χ3n) is 2.36. The molecule has 1 atom stereocenters. The van der Waals surface area contributed by atoms with Gasteiger partial charge in [0.1, 0.15) is 6.10 Å². The standard InChI is InChI=1S/C11H8F8O2/c12-6-3-1-2-5(8(6)13)7(20)4-21-9(10(14,15)16)11(17,18)19/h1-3,7,9,20H,4H2. The topological polar surface area (TPSA) is 29.5 Å². The van der Waals surface area contributed by atoms with E-state index in [0.29, 0.717) is 6.07 Å². The van der Waals surface area contributed by atoms with Crippen molar-refractivity contribution in [3.8, 4) is 0 Å². The van der Waals surface area contributed by atoms with Gasteiger partial charge in [0.15, 0.2) is 11.6 Å². The summed E-state index contributed by atoms with van der Waals surface area (Å²) in [7, 11) is 0. The first-order valence-corrected chi connectivity index (χ1v) is 5.31. The molecule has 1 unspecified atom stereocenters. The lowest BCUT2D eigenvalue weighted by Crippen LogP contribution is -2.45. The van der Waals surface area contributed by atoms with Crippen LogP contribution in [0.1, 0.15) is 11.7 Å². The van der Waals surface area contributed by atoms with E-state index in [1.807, 2.05) is 0 Å². The fraction of sp³-hybridized carbons (Fsp3) is 0.455. The predicted molar refractivity (Wildman–Crippen MR) is 53.2 cm³/mol. The smallest absolute Gasteiger partial charge is 0.386 e. The summed E-state index contributed by atoms with van der Waals surface area (Å²) < 4.78 is 103. The highest BCUT2D eigenvalue weighted by molar-refractivity contribution is 5.21. The van der Waals surface area contributed by atoms with Crippen molar-refractivity contribution in [1.29, 1.82) is 0 Å². The van der Waals surface area contributed by atoms with E-state index in [4.69, 9.17) is 0 Å². The van der Waals surface area contributed by atoms with Crippen LogP contribution in [0, 0.1) is 11.6 Å². The summed E-state index contributed by atoms with van der Waals surface area (Å²) in [6.07, 6.45) is -17.8. The van der Waals surface area contributed by atoms with Crippen molar-refractivity contribution >= 4 is 0 Å². The molecule has 0 amide bonds. The Bertz CT molecular complexity index is 468. The van der Waals surface area contributed by atoms with Gasteiger partial charge in [-0.3, -0.25) is 0 Å². The molecule has 0 fully saturated rings. The Kier molecular flexibility index (Phi) is 5.16. The van der Waals surface area contributed by atoms with Crippen LogP contribution in [0.15, 0.2) is 18.2 Å². The Morgan fingerprint density at radius 1 is 1.00 bits per heavy atom. The van der Waals surface area contributed by atoms with Gasteiger partial charge in [0.05, 0.1) is 6.61 Å². The minimum Gasteiger partial charge on any atom is -0.386 e. The second kappa shape index (κ2) is 6.14. The lowest BCUT2D eigenvalue weighted by atomic mass is 10.1. The number of ether oxygens (including phenoxy) is 1. The molecule has 0 radical (unpaired) electrons. The zero-order valence-electron chi connectivity index (χ0n) is 9.97. The predicted octanol–water partition coefficient (Wildman–Crippen LogP) is 3.51. The van der Waals surface area contributed by atoms with Gasteiger partial charge >= 0.3 is 12.4 Å². The summed E-state index contributed by atoms with van der Waals surface area (Å²) in [4.78, 5) is 0. The van der Waals surface area contributed by atoms with Crippen molar-refractivity contribution < 1.29 is 45.0 Å². The van der Waals surface area contributed by atoms with Crippen molar-refractivity contribution in [2.75, 3.05) is 6.61 Å². The number of hydrogen-bond acceptors (Lipinski definition) is 2. The van der Waals surface area contributed by atoms with E-state index in [2.05, 4.69) is 4.74 Å². The summed E-state index contributed by atoms with van der Waals surface area (Å²) in [5, 5.41) is 9.34. The van der Waals surface area contributed by atoms with Gasteiger partial charge in [0, 0.05) is 5.56 Å². The highest BCUT2D eigenvalue weighted by Gasteiger charge is 2.58. The maximum atomic E-state index is 13.2. The molecule has 2 nitrogen and oxygen atoms in total. The van der Waals surface area contributed by atoms with Crippen LogP contribution in [0.4, 0.5) is 35.1 Å². The van der Waals surface area contributed by atoms with Crippen LogP contribution in [0.2, 0.25) is 0 Å². The van der Waals surface area contributed by atoms with Crippen LogP contribution in [-0.2, 0) is 4.74 Å². The second-order valence-corrected chi connectivity index (χ2v) is 3.96. The van der Waals surface area contributed by atoms with Gasteiger partial charge in [-0.15, -0.1) is 0 Å². The number of hydrogen-bond donors (Lipinski definition) is 1. The minimum atomic E-state index is -5.75. The van der Waals surface area contributed by atoms with E-state index in [9.17, 15) is 40.2 Å². The summed E-state index contributed by atoms with van der Waals surface area (Å²) in [5.41, 5.74) is -0.807. The van der Waals surface area contributed by atoms with E-state index in [-0.39, 0.29) is 0 Å². The Hall–Kier alpha value is -1.42. The molecule has 1 aromatic carbocycles. The molecule has 120 valence electrons. The lowest BCUT2D eigenvalue weighted by Gasteiger charge is -2.24. The molecule has 0 aliphatic carbocycles. The number of benzene rings is 1. The molecule has 0 bridgehead atoms. The summed E-state index contributed by atoms with van der Waals surface area (Å²) in [6, 6.07) is 2.41. The molecule has 0 heterocycles. The average molecular weight is 324 g/mol. The van der Waals surface area contributed by atoms with Crippen LogP contribution in [0.3, 0.4) is 0 Å². The molecule has 1 rings (SSSR count). The quantitative estimate of drug-likeness (QED) is 0.859. The number of halogens is 8. The monoisotopic (exact) mass is 324 g/mol. The maximum absolute atomic E-state index is 13.2. The molecule has 0 saturated heterocycles. The fourth-order valence-corrected chi connectivity index (χ4v) is 1.43. The van der Waals surface area contributed by atoms with Crippen LogP contribution in [0.5, 0.6) is 0 Å². The summed E-state index contributed by atoms with van der Waals surface area (Å²) in [5.74, 6) is -2.99. The van der Waals surface area contributed by atoms with Gasteiger partial charge in [-0.1, -0.05) is 12.1 Å². The van der Waals surface area contributed by atoms with Crippen LogP contribution < -0.4 is 0 Å². The average Bonchev–Trinajstić information content (AvgIpc) is 2.29. The maximum Gasteiger partial charge on any atom is 0.423 e. The summed E-state index contributed by atoms with van der Waals surface area (Å²) >= 11 is 0. The van der Waals surface area contributed by atoms with E-state index in [0.717, 1.165) is 12.1 Å². The zero-order chi connectivity index (χ0) is 16.4. The van der Waals surface area contributed by atoms with Crippen LogP contribution >= 0.6 is 0 Å². The molecule has 0 saturated carbocycles. The molecule has 0 spiro atoms. The summed E-state index contributed by atoms with van der Waals surface area (Å²) in [6.45, 7) is -1.51. The Morgan fingerprint density at radius 3 is 2.00 bits per heavy atom. The Labute approximate surface area is 112 Å². The van der Waals surface area contributed by atoms with Crippen molar-refractivity contribution in [2.24, 2.45) is 0 Å². The van der Waals surface area contributed by atoms with Crippen molar-refractivity contribution in [2.45, 2.75) is 24.6 Å². The fourth-order valence-electron chi connectivity index (χ4n) is 1.43. The van der Waals surface area contributed by atoms with Crippen LogP contribution in [-0.4, -0.2) is 30.2 Å². The Morgan fingerprint density at radius 2 is 1.52 bits per heavy atom. The first-order chi connectivity index (χ1) is 9.44. The molecule has 1 N–H and O–H groups in total. The molecular formula is C11H8F8O2. The van der Waals surface area contributed by atoms with Gasteiger partial charge < -0.3 is 9.84 Å². The van der Waals surface area contributed by atoms with E-state index < -0.39 is 48.4 Å². The highest BCUT2D eigenvalue weighted by Crippen LogP contribution is 2.36. The molecule has 21 heavy (non-hydrogen) atoms. The van der Waals surface area contributed by atoms with Gasteiger partial charge in [-0.25, -0.2) is 8.78 Å². The third-order valence-corrected chi connectivity index (χ3v) is 2.36. The van der Waals surface area contributed by atoms with E-state index >= 15 is 0 Å². The third kappa shape index (κ3) is 4.53. The zero-order valence-corrected chi connectivity index (χ0v) is 9.97. The van der Waals surface area contributed by atoms with E-state index in [1.54, 1.807) is 0 Å². The van der Waals surface area contributed by atoms with Gasteiger partial charge in [0.25, 0.3) is 0 Å². The molecule has 0 aromatic heterocycles. The molecule has 1 aromatic rings. The normalized spacial score (nSPS) is 14.6. The number of aliphatic hydroxyl groups is 1. The van der Waals surface area contributed by atoms with Crippen molar-refractivity contribution in [3.63, 3.8) is 0 Å². The second-order valence-electron chi connectivity index (χ2n) is 3.96. The Balaban J connectivity index is 2.83. The van der Waals surface area contributed by atoms with Gasteiger partial charge in [0.2, 0.25) is 6.10 Å². The molecule has 10 heteroatoms. The molecule has 0 aliphatic rings. The van der Waals surface area contributed by atoms with Crippen LogP contribution in [0.25, 0.3) is 0 Å². The number of rotatable bonds is 4. The van der Waals surface area contributed by atoms with Crippen molar-refractivity contribution in [1.82, 2.24) is 0 Å². The highest BCUT2D eigenvalue weighted by atomic mass is 19.4. The minimum absolute atomic E-state index is 0.667. The number of alkyl halides is 6. The first kappa shape index (κ1) is 17.6. The lowest BCUT2D eigenvalue weighted by molar-refractivity contribution is -0.324.